The minimum Gasteiger partial charge on any atom is -0.298 e. The number of carbonyl (C=O) groups is 3. The van der Waals surface area contributed by atoms with Crippen molar-refractivity contribution in [2.75, 3.05) is 11.9 Å². The molecule has 0 bridgehead atoms. The minimum atomic E-state index is -0.318. The van der Waals surface area contributed by atoms with Gasteiger partial charge in [-0.1, -0.05) is 25.7 Å². The largest absolute Gasteiger partial charge is 0.298 e. The average molecular weight is 467 g/mol. The van der Waals surface area contributed by atoms with E-state index in [0.29, 0.717) is 27.9 Å². The molecule has 1 saturated heterocycles. The molecule has 1 unspecified atom stereocenters. The molecule has 0 radical (unpaired) electrons. The molecule has 2 aromatic rings. The van der Waals surface area contributed by atoms with E-state index in [1.54, 1.807) is 18.2 Å². The number of imide groups is 1. The maximum atomic E-state index is 13.0. The quantitative estimate of drug-likeness (QED) is 0.646. The van der Waals surface area contributed by atoms with Crippen LogP contribution in [0.5, 0.6) is 0 Å². The van der Waals surface area contributed by atoms with Gasteiger partial charge >= 0.3 is 0 Å². The molecule has 1 N–H and O–H groups in total. The van der Waals surface area contributed by atoms with Gasteiger partial charge in [0.25, 0.3) is 17.7 Å². The van der Waals surface area contributed by atoms with E-state index in [4.69, 9.17) is 0 Å². The maximum Gasteiger partial charge on any atom is 0.261 e. The number of carbonyl (C=O) groups excluding carboxylic acids is 3. The van der Waals surface area contributed by atoms with Gasteiger partial charge in [-0.15, -0.1) is 11.3 Å². The molecule has 2 aliphatic heterocycles. The highest BCUT2D eigenvalue weighted by Gasteiger charge is 2.40. The van der Waals surface area contributed by atoms with Crippen LogP contribution in [0.25, 0.3) is 0 Å². The van der Waals surface area contributed by atoms with Gasteiger partial charge in [0.15, 0.2) is 5.13 Å². The lowest BCUT2D eigenvalue weighted by Crippen LogP contribution is -2.40. The van der Waals surface area contributed by atoms with E-state index in [1.165, 1.54) is 35.5 Å². The molecule has 3 aliphatic rings. The second-order valence-electron chi connectivity index (χ2n) is 9.43. The molecule has 7 nitrogen and oxygen atoms in total. The summed E-state index contributed by atoms with van der Waals surface area (Å²) in [7, 11) is 0. The van der Waals surface area contributed by atoms with E-state index in [-0.39, 0.29) is 23.8 Å². The van der Waals surface area contributed by atoms with Crippen LogP contribution in [0, 0.1) is 0 Å². The Morgan fingerprint density at radius 3 is 2.61 bits per heavy atom. The molecule has 33 heavy (non-hydrogen) atoms. The SMILES string of the molecule is CC1CCCCN1Cc1cnc(NC(=O)c2ccc3c(c2)C(=O)N(C2CCCCC2)C3=O)s1. The summed E-state index contributed by atoms with van der Waals surface area (Å²) < 4.78 is 0. The van der Waals surface area contributed by atoms with E-state index in [9.17, 15) is 14.4 Å². The number of aromatic nitrogens is 1. The number of fused-ring (bicyclic) bond motifs is 1. The Morgan fingerprint density at radius 1 is 1.06 bits per heavy atom. The summed E-state index contributed by atoms with van der Waals surface area (Å²) in [6.07, 6.45) is 10.5. The number of thiazole rings is 1. The lowest BCUT2D eigenvalue weighted by molar-refractivity contribution is 0.0549. The molecular weight excluding hydrogens is 436 g/mol. The fourth-order valence-corrected chi connectivity index (χ4v) is 6.11. The number of nitrogens with one attached hydrogen (secondary N) is 1. The summed E-state index contributed by atoms with van der Waals surface area (Å²) >= 11 is 1.48. The molecule has 3 amide bonds. The number of amides is 3. The first kappa shape index (κ1) is 22.2. The van der Waals surface area contributed by atoms with Gasteiger partial charge in [-0.05, 0) is 57.4 Å². The fourth-order valence-electron chi connectivity index (χ4n) is 5.27. The van der Waals surface area contributed by atoms with Crippen molar-refractivity contribution in [3.05, 3.63) is 46.0 Å². The zero-order chi connectivity index (χ0) is 22.9. The second-order valence-corrected chi connectivity index (χ2v) is 10.5. The first-order valence-electron chi connectivity index (χ1n) is 12.0. The van der Waals surface area contributed by atoms with Crippen LogP contribution in [0.15, 0.2) is 24.4 Å². The van der Waals surface area contributed by atoms with Crippen LogP contribution in [-0.2, 0) is 6.54 Å². The number of benzene rings is 1. The lowest BCUT2D eigenvalue weighted by Gasteiger charge is -2.32. The molecule has 8 heteroatoms. The Kier molecular flexibility index (Phi) is 6.29. The highest BCUT2D eigenvalue weighted by Crippen LogP contribution is 2.32. The van der Waals surface area contributed by atoms with Crippen molar-refractivity contribution in [2.45, 2.75) is 76.9 Å². The van der Waals surface area contributed by atoms with Crippen LogP contribution in [0.2, 0.25) is 0 Å². The molecule has 1 atom stereocenters. The number of hydrogen-bond acceptors (Lipinski definition) is 6. The summed E-state index contributed by atoms with van der Waals surface area (Å²) in [5.41, 5.74) is 1.09. The maximum absolute atomic E-state index is 13.0. The molecule has 1 saturated carbocycles. The number of piperidine rings is 1. The van der Waals surface area contributed by atoms with Crippen LogP contribution >= 0.6 is 11.3 Å². The Morgan fingerprint density at radius 2 is 1.82 bits per heavy atom. The zero-order valence-electron chi connectivity index (χ0n) is 19.0. The van der Waals surface area contributed by atoms with E-state index < -0.39 is 0 Å². The lowest BCUT2D eigenvalue weighted by atomic mass is 9.94. The van der Waals surface area contributed by atoms with Crippen molar-refractivity contribution < 1.29 is 14.4 Å². The first-order valence-corrected chi connectivity index (χ1v) is 12.8. The first-order chi connectivity index (χ1) is 16.0. The molecule has 0 spiro atoms. The molecule has 1 aliphatic carbocycles. The molecule has 5 rings (SSSR count). The highest BCUT2D eigenvalue weighted by atomic mass is 32.1. The van der Waals surface area contributed by atoms with Crippen LogP contribution < -0.4 is 5.32 Å². The fraction of sp³-hybridized carbons (Fsp3) is 0.520. The monoisotopic (exact) mass is 466 g/mol. The third-order valence-corrected chi connectivity index (χ3v) is 8.09. The third kappa shape index (κ3) is 4.46. The molecule has 3 heterocycles. The number of anilines is 1. The van der Waals surface area contributed by atoms with Gasteiger partial charge in [0.1, 0.15) is 0 Å². The smallest absolute Gasteiger partial charge is 0.261 e. The second kappa shape index (κ2) is 9.35. The molecule has 1 aromatic carbocycles. The summed E-state index contributed by atoms with van der Waals surface area (Å²) in [6.45, 7) is 4.21. The molecule has 2 fully saturated rings. The Hall–Kier alpha value is -2.58. The van der Waals surface area contributed by atoms with Crippen molar-refractivity contribution in [1.29, 1.82) is 0 Å². The van der Waals surface area contributed by atoms with Crippen molar-refractivity contribution in [1.82, 2.24) is 14.8 Å². The number of likely N-dealkylation sites (tertiary alicyclic amines) is 1. The van der Waals surface area contributed by atoms with Crippen molar-refractivity contribution in [3.63, 3.8) is 0 Å². The van der Waals surface area contributed by atoms with E-state index >= 15 is 0 Å². The van der Waals surface area contributed by atoms with E-state index in [2.05, 4.69) is 22.1 Å². The standard InChI is InChI=1S/C25H30N4O3S/c1-16-7-5-6-12-28(16)15-19-14-26-25(33-19)27-22(30)17-10-11-20-21(13-17)24(32)29(23(20)31)18-8-3-2-4-9-18/h10-11,13-14,16,18H,2-9,12,15H2,1H3,(H,26,27,30). The summed E-state index contributed by atoms with van der Waals surface area (Å²) in [4.78, 5) is 48.1. The van der Waals surface area contributed by atoms with Gasteiger partial charge < -0.3 is 0 Å². The van der Waals surface area contributed by atoms with Crippen LogP contribution in [0.1, 0.15) is 94.2 Å². The molecular formula is C25H30N4O3S. The number of nitrogens with zero attached hydrogens (tertiary/aromatic N) is 3. The number of hydrogen-bond donors (Lipinski definition) is 1. The third-order valence-electron chi connectivity index (χ3n) is 7.19. The predicted molar refractivity (Wildman–Crippen MR) is 128 cm³/mol. The zero-order valence-corrected chi connectivity index (χ0v) is 19.8. The normalized spacial score (nSPS) is 22.0. The Labute approximate surface area is 198 Å². The van der Waals surface area contributed by atoms with Gasteiger partial charge in [0, 0.05) is 35.3 Å². The van der Waals surface area contributed by atoms with E-state index in [1.807, 2.05) is 6.20 Å². The summed E-state index contributed by atoms with van der Waals surface area (Å²) in [5, 5.41) is 3.41. The predicted octanol–water partition coefficient (Wildman–Crippen LogP) is 4.70. The van der Waals surface area contributed by atoms with Crippen molar-refractivity contribution in [3.8, 4) is 0 Å². The van der Waals surface area contributed by atoms with Crippen LogP contribution in [0.3, 0.4) is 0 Å². The summed E-state index contributed by atoms with van der Waals surface area (Å²) in [6, 6.07) is 5.32. The Balaban J connectivity index is 1.26. The Bertz CT molecular complexity index is 1080. The van der Waals surface area contributed by atoms with Gasteiger partial charge in [-0.3, -0.25) is 29.5 Å². The van der Waals surface area contributed by atoms with Gasteiger partial charge in [0.05, 0.1) is 11.1 Å². The number of rotatable bonds is 5. The van der Waals surface area contributed by atoms with Gasteiger partial charge in [-0.25, -0.2) is 4.98 Å². The van der Waals surface area contributed by atoms with Gasteiger partial charge in [-0.2, -0.15) is 0 Å². The van der Waals surface area contributed by atoms with Crippen LogP contribution in [-0.4, -0.2) is 51.1 Å². The van der Waals surface area contributed by atoms with E-state index in [0.717, 1.165) is 50.1 Å². The molecule has 174 valence electrons. The topological polar surface area (TPSA) is 82.6 Å². The van der Waals surface area contributed by atoms with Crippen molar-refractivity contribution >= 4 is 34.2 Å². The minimum absolute atomic E-state index is 0.0280. The molecule has 1 aromatic heterocycles. The highest BCUT2D eigenvalue weighted by molar-refractivity contribution is 7.15. The van der Waals surface area contributed by atoms with Gasteiger partial charge in [0.2, 0.25) is 0 Å². The van der Waals surface area contributed by atoms with Crippen LogP contribution in [0.4, 0.5) is 5.13 Å². The summed E-state index contributed by atoms with van der Waals surface area (Å²) in [5.74, 6) is -0.824. The van der Waals surface area contributed by atoms with Crippen molar-refractivity contribution in [2.24, 2.45) is 0 Å². The average Bonchev–Trinajstić information content (AvgIpc) is 3.37.